The Morgan fingerprint density at radius 3 is 2.65 bits per heavy atom. The lowest BCUT2D eigenvalue weighted by molar-refractivity contribution is -0.143. The fourth-order valence-electron chi connectivity index (χ4n) is 3.40. The van der Waals surface area contributed by atoms with Crippen molar-refractivity contribution in [1.29, 1.82) is 0 Å². The van der Waals surface area contributed by atoms with Gasteiger partial charge in [-0.2, -0.15) is 0 Å². The molecule has 1 saturated carbocycles. The van der Waals surface area contributed by atoms with Crippen LogP contribution >= 0.6 is 0 Å². The number of carbonyl (C=O) groups excluding carboxylic acids is 2. The molecule has 0 radical (unpaired) electrons. The van der Waals surface area contributed by atoms with E-state index in [1.807, 2.05) is 18.2 Å². The van der Waals surface area contributed by atoms with Crippen LogP contribution in [0.4, 0.5) is 0 Å². The second-order valence-electron chi connectivity index (χ2n) is 6.12. The zero-order chi connectivity index (χ0) is 16.2. The molecular formula is C19H16O4. The lowest BCUT2D eigenvalue weighted by Crippen LogP contribution is -2.30. The third-order valence-electron chi connectivity index (χ3n) is 4.80. The van der Waals surface area contributed by atoms with E-state index in [2.05, 4.69) is 0 Å². The molecule has 0 saturated heterocycles. The van der Waals surface area contributed by atoms with Crippen molar-refractivity contribution >= 4 is 17.3 Å². The first kappa shape index (κ1) is 14.0. The lowest BCUT2D eigenvalue weighted by Gasteiger charge is -2.28. The number of ether oxygens (including phenoxy) is 2. The summed E-state index contributed by atoms with van der Waals surface area (Å²) in [5, 5.41) is 0. The largest absolute Gasteiger partial charge is 0.501 e. The Bertz CT molecular complexity index is 810. The monoisotopic (exact) mass is 308 g/mol. The van der Waals surface area contributed by atoms with E-state index in [9.17, 15) is 9.59 Å². The number of carbonyl (C=O) groups is 2. The second kappa shape index (κ2) is 4.69. The van der Waals surface area contributed by atoms with Crippen molar-refractivity contribution in [3.8, 4) is 0 Å². The quantitative estimate of drug-likeness (QED) is 0.636. The zero-order valence-electron chi connectivity index (χ0n) is 13.0. The molecule has 1 spiro atoms. The van der Waals surface area contributed by atoms with E-state index in [-0.39, 0.29) is 17.7 Å². The van der Waals surface area contributed by atoms with Crippen LogP contribution in [-0.2, 0) is 14.3 Å². The Labute approximate surface area is 134 Å². The number of hydrogen-bond donors (Lipinski definition) is 0. The van der Waals surface area contributed by atoms with Gasteiger partial charge in [-0.3, -0.25) is 4.79 Å². The van der Waals surface area contributed by atoms with Gasteiger partial charge >= 0.3 is 5.97 Å². The molecule has 1 heterocycles. The number of hydrogen-bond acceptors (Lipinski definition) is 4. The van der Waals surface area contributed by atoms with Crippen LogP contribution in [0.3, 0.4) is 0 Å². The molecule has 0 aromatic heterocycles. The molecule has 1 aromatic carbocycles. The minimum absolute atomic E-state index is 0.00347. The Morgan fingerprint density at radius 2 is 2.00 bits per heavy atom. The Morgan fingerprint density at radius 1 is 1.26 bits per heavy atom. The van der Waals surface area contributed by atoms with Crippen LogP contribution in [0.1, 0.15) is 29.3 Å². The first-order valence-corrected chi connectivity index (χ1v) is 7.58. The van der Waals surface area contributed by atoms with Gasteiger partial charge in [-0.1, -0.05) is 30.3 Å². The number of rotatable bonds is 3. The van der Waals surface area contributed by atoms with Crippen molar-refractivity contribution in [2.24, 2.45) is 5.92 Å². The Balaban J connectivity index is 1.73. The molecule has 2 aliphatic carbocycles. The Kier molecular flexibility index (Phi) is 2.85. The first-order chi connectivity index (χ1) is 11.0. The van der Waals surface area contributed by atoms with E-state index in [1.165, 1.54) is 6.92 Å². The van der Waals surface area contributed by atoms with Gasteiger partial charge in [-0.15, -0.1) is 0 Å². The number of ketones is 1. The fourth-order valence-corrected chi connectivity index (χ4v) is 3.40. The molecule has 2 atom stereocenters. The lowest BCUT2D eigenvalue weighted by atomic mass is 9.92. The molecule has 3 aliphatic rings. The predicted octanol–water partition coefficient (Wildman–Crippen LogP) is 3.06. The number of benzene rings is 1. The fraction of sp³-hybridized carbons (Fsp3) is 0.263. The maximum atomic E-state index is 12.5. The number of methoxy groups -OCH3 is 1. The number of esters is 1. The molecule has 4 rings (SSSR count). The number of Topliss-reactive ketones (excluding diaryl/α,β-unsaturated/α-hetero) is 1. The molecule has 4 heteroatoms. The van der Waals surface area contributed by atoms with E-state index >= 15 is 0 Å². The van der Waals surface area contributed by atoms with E-state index in [4.69, 9.17) is 9.47 Å². The van der Waals surface area contributed by atoms with Crippen LogP contribution in [0.5, 0.6) is 0 Å². The molecule has 0 bridgehead atoms. The highest BCUT2D eigenvalue weighted by atomic mass is 16.6. The standard InChI is InChI=1S/C19H16O4/c1-11(20)12-3-5-13(6-4-12)15-9-14-7-8-17(22-2)16-10-19(14,16)23-18(15)21/h3-9,16H,10H2,1-2H3. The van der Waals surface area contributed by atoms with Gasteiger partial charge in [-0.05, 0) is 30.2 Å². The number of allylic oxidation sites excluding steroid dienone is 2. The maximum Gasteiger partial charge on any atom is 0.339 e. The minimum Gasteiger partial charge on any atom is -0.501 e. The van der Waals surface area contributed by atoms with E-state index in [0.717, 1.165) is 23.3 Å². The first-order valence-electron chi connectivity index (χ1n) is 7.58. The van der Waals surface area contributed by atoms with Crippen molar-refractivity contribution in [2.75, 3.05) is 7.11 Å². The summed E-state index contributed by atoms with van der Waals surface area (Å²) in [7, 11) is 1.64. The van der Waals surface area contributed by atoms with Gasteiger partial charge in [-0.25, -0.2) is 4.79 Å². The molecule has 0 amide bonds. The molecule has 1 fully saturated rings. The van der Waals surface area contributed by atoms with Gasteiger partial charge in [0, 0.05) is 12.0 Å². The molecule has 2 unspecified atom stereocenters. The topological polar surface area (TPSA) is 52.6 Å². The predicted molar refractivity (Wildman–Crippen MR) is 84.5 cm³/mol. The van der Waals surface area contributed by atoms with E-state index in [1.54, 1.807) is 31.4 Å². The van der Waals surface area contributed by atoms with Crippen molar-refractivity contribution < 1.29 is 19.1 Å². The van der Waals surface area contributed by atoms with Crippen molar-refractivity contribution in [1.82, 2.24) is 0 Å². The summed E-state index contributed by atoms with van der Waals surface area (Å²) >= 11 is 0. The van der Waals surface area contributed by atoms with Crippen LogP contribution in [0.25, 0.3) is 5.57 Å². The highest BCUT2D eigenvalue weighted by molar-refractivity contribution is 6.18. The molecule has 1 aromatic rings. The van der Waals surface area contributed by atoms with Gasteiger partial charge in [0.25, 0.3) is 0 Å². The molecule has 1 aliphatic heterocycles. The molecule has 116 valence electrons. The molecule has 4 nitrogen and oxygen atoms in total. The highest BCUT2D eigenvalue weighted by Gasteiger charge is 2.65. The van der Waals surface area contributed by atoms with Gasteiger partial charge in [0.15, 0.2) is 5.78 Å². The summed E-state index contributed by atoms with van der Waals surface area (Å²) in [4.78, 5) is 23.8. The van der Waals surface area contributed by atoms with Crippen LogP contribution in [-0.4, -0.2) is 24.5 Å². The molecule has 23 heavy (non-hydrogen) atoms. The molecule has 0 N–H and O–H groups in total. The van der Waals surface area contributed by atoms with E-state index < -0.39 is 5.60 Å². The van der Waals surface area contributed by atoms with Gasteiger partial charge in [0.05, 0.1) is 18.6 Å². The normalized spacial score (nSPS) is 27.7. The molecular weight excluding hydrogens is 292 g/mol. The van der Waals surface area contributed by atoms with E-state index in [0.29, 0.717) is 11.1 Å². The third-order valence-corrected chi connectivity index (χ3v) is 4.80. The van der Waals surface area contributed by atoms with Crippen molar-refractivity contribution in [2.45, 2.75) is 18.9 Å². The summed E-state index contributed by atoms with van der Waals surface area (Å²) in [6.07, 6.45) is 6.57. The summed E-state index contributed by atoms with van der Waals surface area (Å²) in [6, 6.07) is 7.03. The highest BCUT2D eigenvalue weighted by Crippen LogP contribution is 2.60. The van der Waals surface area contributed by atoms with Crippen LogP contribution < -0.4 is 0 Å². The summed E-state index contributed by atoms with van der Waals surface area (Å²) < 4.78 is 11.1. The zero-order valence-corrected chi connectivity index (χ0v) is 13.0. The summed E-state index contributed by atoms with van der Waals surface area (Å²) in [5.41, 5.74) is 2.39. The van der Waals surface area contributed by atoms with Crippen LogP contribution in [0.15, 0.2) is 53.8 Å². The van der Waals surface area contributed by atoms with Gasteiger partial charge < -0.3 is 9.47 Å². The van der Waals surface area contributed by atoms with Gasteiger partial charge in [0.2, 0.25) is 0 Å². The average Bonchev–Trinajstić information content (AvgIpc) is 3.27. The third kappa shape index (κ3) is 1.98. The maximum absolute atomic E-state index is 12.5. The smallest absolute Gasteiger partial charge is 0.339 e. The van der Waals surface area contributed by atoms with Crippen molar-refractivity contribution in [3.63, 3.8) is 0 Å². The Hall–Kier alpha value is -2.62. The summed E-state index contributed by atoms with van der Waals surface area (Å²) in [5.74, 6) is 0.680. The van der Waals surface area contributed by atoms with Gasteiger partial charge in [0.1, 0.15) is 11.4 Å². The minimum atomic E-state index is -0.528. The van der Waals surface area contributed by atoms with Crippen molar-refractivity contribution in [3.05, 3.63) is 65.0 Å². The average molecular weight is 308 g/mol. The second-order valence-corrected chi connectivity index (χ2v) is 6.12. The summed E-state index contributed by atoms with van der Waals surface area (Å²) in [6.45, 7) is 1.52. The van der Waals surface area contributed by atoms with Crippen LogP contribution in [0.2, 0.25) is 0 Å². The van der Waals surface area contributed by atoms with Crippen LogP contribution in [0, 0.1) is 5.92 Å². The SMILES string of the molecule is COC1=CC=C2C=C(c3ccc(C(C)=O)cc3)C(=O)OC23CC13.